The first-order valence-corrected chi connectivity index (χ1v) is 5.60. The molecule has 0 bridgehead atoms. The van der Waals surface area contributed by atoms with E-state index < -0.39 is 11.7 Å². The van der Waals surface area contributed by atoms with Gasteiger partial charge in [-0.1, -0.05) is 16.8 Å². The number of hydrogen-bond acceptors (Lipinski definition) is 3. The third-order valence-electron chi connectivity index (χ3n) is 2.51. The molecule has 1 aromatic heterocycles. The Morgan fingerprint density at radius 1 is 1.40 bits per heavy atom. The Morgan fingerprint density at radius 3 is 2.60 bits per heavy atom. The molecule has 3 N–H and O–H groups in total. The lowest BCUT2D eigenvalue weighted by atomic mass is 10.2. The normalized spacial score (nSPS) is 12.7. The van der Waals surface area contributed by atoms with Gasteiger partial charge in [0.25, 0.3) is 0 Å². The van der Waals surface area contributed by atoms with Crippen LogP contribution >= 0.6 is 11.6 Å². The number of amidine groups is 1. The molecule has 1 heterocycles. The van der Waals surface area contributed by atoms with Crippen LogP contribution in [0.4, 0.5) is 13.2 Å². The number of benzene rings is 1. The quantitative estimate of drug-likeness (QED) is 0.387. The summed E-state index contributed by atoms with van der Waals surface area (Å²) < 4.78 is 38.5. The zero-order chi connectivity index (χ0) is 14.9. The molecule has 0 spiro atoms. The Bertz CT molecular complexity index is 666. The zero-order valence-corrected chi connectivity index (χ0v) is 10.5. The van der Waals surface area contributed by atoms with Crippen LogP contribution in [0.5, 0.6) is 0 Å². The fraction of sp³-hybridized carbons (Fsp3) is 0.0909. The lowest BCUT2D eigenvalue weighted by Crippen LogP contribution is -2.13. The molecule has 106 valence electrons. The Labute approximate surface area is 116 Å². The topological polar surface area (TPSA) is 76.4 Å². The zero-order valence-electron chi connectivity index (χ0n) is 9.76. The summed E-state index contributed by atoms with van der Waals surface area (Å²) in [6.45, 7) is 0. The Kier molecular flexibility index (Phi) is 3.58. The molecule has 0 aliphatic rings. The van der Waals surface area contributed by atoms with Gasteiger partial charge in [0.05, 0.1) is 22.5 Å². The van der Waals surface area contributed by atoms with Crippen molar-refractivity contribution in [2.45, 2.75) is 6.18 Å². The lowest BCUT2D eigenvalue weighted by molar-refractivity contribution is -0.137. The van der Waals surface area contributed by atoms with Crippen LogP contribution in [0, 0.1) is 0 Å². The van der Waals surface area contributed by atoms with E-state index in [1.165, 1.54) is 18.2 Å². The molecule has 0 atom stereocenters. The van der Waals surface area contributed by atoms with Crippen LogP contribution in [0.15, 0.2) is 35.7 Å². The summed E-state index contributed by atoms with van der Waals surface area (Å²) in [6.07, 6.45) is -2.91. The van der Waals surface area contributed by atoms with Crippen molar-refractivity contribution in [3.05, 3.63) is 46.7 Å². The highest BCUT2D eigenvalue weighted by Crippen LogP contribution is 2.29. The van der Waals surface area contributed by atoms with Gasteiger partial charge in [0.2, 0.25) is 0 Å². The second-order valence-electron chi connectivity index (χ2n) is 3.82. The molecular weight excluding hydrogens is 297 g/mol. The van der Waals surface area contributed by atoms with Gasteiger partial charge in [-0.2, -0.15) is 18.3 Å². The van der Waals surface area contributed by atoms with Gasteiger partial charge in [0, 0.05) is 11.8 Å². The minimum Gasteiger partial charge on any atom is -0.409 e. The van der Waals surface area contributed by atoms with Gasteiger partial charge < -0.3 is 10.9 Å². The van der Waals surface area contributed by atoms with Crippen molar-refractivity contribution in [2.24, 2.45) is 10.9 Å². The lowest BCUT2D eigenvalue weighted by Gasteiger charge is -2.06. The number of aromatic nitrogens is 2. The Hall–Kier alpha value is -2.22. The van der Waals surface area contributed by atoms with Crippen LogP contribution in [0.25, 0.3) is 5.69 Å². The Morgan fingerprint density at radius 2 is 2.10 bits per heavy atom. The minimum atomic E-state index is -4.46. The first kappa shape index (κ1) is 14.2. The van der Waals surface area contributed by atoms with Crippen molar-refractivity contribution < 1.29 is 18.4 Å². The molecule has 9 heteroatoms. The SMILES string of the molecule is NC(=NO)c1ccc(-n2cc(C(F)(F)F)cn2)cc1Cl. The molecule has 0 unspecified atom stereocenters. The molecule has 0 radical (unpaired) electrons. The maximum atomic E-state index is 12.5. The van der Waals surface area contributed by atoms with Crippen LogP contribution in [0.1, 0.15) is 11.1 Å². The predicted molar refractivity (Wildman–Crippen MR) is 66.1 cm³/mol. The van der Waals surface area contributed by atoms with Crippen LogP contribution in [0.2, 0.25) is 5.02 Å². The molecule has 0 aliphatic carbocycles. The maximum absolute atomic E-state index is 12.5. The molecule has 5 nitrogen and oxygen atoms in total. The second-order valence-corrected chi connectivity index (χ2v) is 4.23. The summed E-state index contributed by atoms with van der Waals surface area (Å²) >= 11 is 5.91. The highest BCUT2D eigenvalue weighted by atomic mass is 35.5. The number of rotatable bonds is 2. The highest BCUT2D eigenvalue weighted by molar-refractivity contribution is 6.34. The third-order valence-corrected chi connectivity index (χ3v) is 2.82. The third kappa shape index (κ3) is 2.69. The van der Waals surface area contributed by atoms with Crippen molar-refractivity contribution in [1.29, 1.82) is 0 Å². The molecule has 2 rings (SSSR count). The van der Waals surface area contributed by atoms with Crippen LogP contribution in [-0.2, 0) is 6.18 Å². The highest BCUT2D eigenvalue weighted by Gasteiger charge is 2.32. The molecule has 0 amide bonds. The monoisotopic (exact) mass is 304 g/mol. The number of alkyl halides is 3. The average molecular weight is 305 g/mol. The van der Waals surface area contributed by atoms with Crippen LogP contribution in [-0.4, -0.2) is 20.8 Å². The van der Waals surface area contributed by atoms with E-state index in [4.69, 9.17) is 22.5 Å². The maximum Gasteiger partial charge on any atom is 0.419 e. The van der Waals surface area contributed by atoms with E-state index in [9.17, 15) is 13.2 Å². The van der Waals surface area contributed by atoms with E-state index >= 15 is 0 Å². The number of halogens is 4. The smallest absolute Gasteiger partial charge is 0.409 e. The summed E-state index contributed by atoms with van der Waals surface area (Å²) in [5.41, 5.74) is 5.11. The molecule has 2 aromatic rings. The molecular formula is C11H8ClF3N4O. The van der Waals surface area contributed by atoms with Crippen molar-refractivity contribution in [3.8, 4) is 5.69 Å². The average Bonchev–Trinajstić information content (AvgIpc) is 2.87. The first-order chi connectivity index (χ1) is 9.32. The van der Waals surface area contributed by atoms with Crippen molar-refractivity contribution in [2.75, 3.05) is 0 Å². The molecule has 1 aromatic carbocycles. The van der Waals surface area contributed by atoms with E-state index in [0.29, 0.717) is 11.9 Å². The summed E-state index contributed by atoms with van der Waals surface area (Å²) in [6, 6.07) is 4.23. The summed E-state index contributed by atoms with van der Waals surface area (Å²) in [5, 5.41) is 15.1. The van der Waals surface area contributed by atoms with E-state index in [2.05, 4.69) is 10.3 Å². The Balaban J connectivity index is 2.40. The van der Waals surface area contributed by atoms with Gasteiger partial charge >= 0.3 is 6.18 Å². The van der Waals surface area contributed by atoms with Gasteiger partial charge in [0.15, 0.2) is 5.84 Å². The number of hydrogen-bond donors (Lipinski definition) is 2. The largest absolute Gasteiger partial charge is 0.419 e. The van der Waals surface area contributed by atoms with E-state index in [0.717, 1.165) is 10.9 Å². The number of oxime groups is 1. The van der Waals surface area contributed by atoms with Crippen LogP contribution < -0.4 is 5.73 Å². The molecule has 20 heavy (non-hydrogen) atoms. The second kappa shape index (κ2) is 5.04. The van der Waals surface area contributed by atoms with Crippen LogP contribution in [0.3, 0.4) is 0 Å². The number of nitrogens with zero attached hydrogens (tertiary/aromatic N) is 3. The fourth-order valence-electron chi connectivity index (χ4n) is 1.52. The molecule has 0 fully saturated rings. The van der Waals surface area contributed by atoms with Crippen molar-refractivity contribution in [1.82, 2.24) is 9.78 Å². The standard InChI is InChI=1S/C11H8ClF3N4O/c12-9-3-7(1-2-8(9)10(16)18-20)19-5-6(4-17-19)11(13,14)15/h1-5,20H,(H2,16,18). The van der Waals surface area contributed by atoms with Crippen molar-refractivity contribution in [3.63, 3.8) is 0 Å². The summed E-state index contributed by atoms with van der Waals surface area (Å²) in [4.78, 5) is 0. The summed E-state index contributed by atoms with van der Waals surface area (Å²) in [7, 11) is 0. The van der Waals surface area contributed by atoms with Crippen molar-refractivity contribution >= 4 is 17.4 Å². The molecule has 0 aliphatic heterocycles. The van der Waals surface area contributed by atoms with E-state index in [-0.39, 0.29) is 16.4 Å². The van der Waals surface area contributed by atoms with E-state index in [1.807, 2.05) is 0 Å². The summed E-state index contributed by atoms with van der Waals surface area (Å²) in [5.74, 6) is -0.196. The van der Waals surface area contributed by atoms with Gasteiger partial charge in [-0.3, -0.25) is 0 Å². The number of nitrogens with two attached hydrogens (primary N) is 1. The molecule has 0 saturated heterocycles. The fourth-order valence-corrected chi connectivity index (χ4v) is 1.79. The molecule has 0 saturated carbocycles. The van der Waals surface area contributed by atoms with Gasteiger partial charge in [0.1, 0.15) is 0 Å². The van der Waals surface area contributed by atoms with Gasteiger partial charge in [-0.05, 0) is 18.2 Å². The predicted octanol–water partition coefficient (Wildman–Crippen LogP) is 2.64. The first-order valence-electron chi connectivity index (χ1n) is 5.22. The van der Waals surface area contributed by atoms with Gasteiger partial charge in [-0.25, -0.2) is 4.68 Å². The minimum absolute atomic E-state index is 0.127. The van der Waals surface area contributed by atoms with E-state index in [1.54, 1.807) is 0 Å². The van der Waals surface area contributed by atoms with Gasteiger partial charge in [-0.15, -0.1) is 0 Å².